The topological polar surface area (TPSA) is 107 Å². The van der Waals surface area contributed by atoms with E-state index in [-0.39, 0.29) is 5.78 Å². The molecule has 2 rings (SSSR count). The first-order chi connectivity index (χ1) is 13.7. The number of carbonyl (C=O) groups excluding carboxylic acids is 3. The molecule has 0 saturated carbocycles. The third-order valence-electron chi connectivity index (χ3n) is 4.30. The van der Waals surface area contributed by atoms with Crippen LogP contribution in [-0.2, 0) is 23.9 Å². The van der Waals surface area contributed by atoms with Gasteiger partial charge >= 0.3 is 17.9 Å². The first-order valence-corrected chi connectivity index (χ1v) is 9.04. The van der Waals surface area contributed by atoms with Crippen molar-refractivity contribution in [3.05, 3.63) is 71.3 Å². The zero-order chi connectivity index (χ0) is 21.6. The lowest BCUT2D eigenvalue weighted by Crippen LogP contribution is -2.33. The monoisotopic (exact) mass is 398 g/mol. The Morgan fingerprint density at radius 1 is 0.759 bits per heavy atom. The lowest BCUT2D eigenvalue weighted by Gasteiger charge is -2.18. The van der Waals surface area contributed by atoms with Gasteiger partial charge in [-0.1, -0.05) is 48.5 Å². The largest absolute Gasteiger partial charge is 0.479 e. The molecule has 0 unspecified atom stereocenters. The lowest BCUT2D eigenvalue weighted by molar-refractivity contribution is -0.175. The maximum atomic E-state index is 12.6. The molecule has 2 aromatic carbocycles. The molecule has 152 valence electrons. The second-order valence-electron chi connectivity index (χ2n) is 6.54. The molecule has 29 heavy (non-hydrogen) atoms. The smallest absolute Gasteiger partial charge is 0.347 e. The van der Waals surface area contributed by atoms with Crippen LogP contribution in [0.25, 0.3) is 0 Å². The summed E-state index contributed by atoms with van der Waals surface area (Å²) in [7, 11) is 0. The first-order valence-electron chi connectivity index (χ1n) is 9.04. The standard InChI is InChI=1S/C22H22O7/c1-13(21(26)29-15(3)22(27)28-14(2)20(24)25)17-10-7-11-18(12-17)19(23)16-8-5-4-6-9-16/h4-15H,1-3H3,(H,24,25)/t13-,14+,15-/m1/s1. The minimum Gasteiger partial charge on any atom is -0.479 e. The Hall–Kier alpha value is -3.48. The first kappa shape index (κ1) is 21.8. The molecular weight excluding hydrogens is 376 g/mol. The van der Waals surface area contributed by atoms with Crippen LogP contribution in [0.3, 0.4) is 0 Å². The number of carboxylic acid groups (broad SMARTS) is 1. The van der Waals surface area contributed by atoms with E-state index in [1.165, 1.54) is 13.8 Å². The molecule has 7 heteroatoms. The number of hydrogen-bond acceptors (Lipinski definition) is 6. The molecule has 0 spiro atoms. The molecule has 7 nitrogen and oxygen atoms in total. The molecule has 0 fully saturated rings. The Kier molecular flexibility index (Phi) is 7.25. The van der Waals surface area contributed by atoms with Crippen molar-refractivity contribution in [1.29, 1.82) is 0 Å². The SMILES string of the molecule is C[C@H](OC(=O)[C@@H](C)OC(=O)[C@H](C)c1cccc(C(=O)c2ccccc2)c1)C(=O)O. The summed E-state index contributed by atoms with van der Waals surface area (Å²) < 4.78 is 9.80. The van der Waals surface area contributed by atoms with Crippen LogP contribution in [0.5, 0.6) is 0 Å². The molecule has 0 saturated heterocycles. The molecule has 0 aliphatic carbocycles. The van der Waals surface area contributed by atoms with Gasteiger partial charge in [-0.05, 0) is 32.4 Å². The second kappa shape index (κ2) is 9.64. The Morgan fingerprint density at radius 3 is 1.97 bits per heavy atom. The number of esters is 2. The van der Waals surface area contributed by atoms with Crippen LogP contribution in [0.4, 0.5) is 0 Å². The summed E-state index contributed by atoms with van der Waals surface area (Å²) in [5.74, 6) is -3.86. The number of carbonyl (C=O) groups is 4. The molecule has 0 aliphatic heterocycles. The van der Waals surface area contributed by atoms with Crippen LogP contribution in [0.1, 0.15) is 48.2 Å². The summed E-state index contributed by atoms with van der Waals surface area (Å²) >= 11 is 0. The van der Waals surface area contributed by atoms with Crippen molar-refractivity contribution in [1.82, 2.24) is 0 Å². The van der Waals surface area contributed by atoms with Gasteiger partial charge in [-0.3, -0.25) is 9.59 Å². The van der Waals surface area contributed by atoms with E-state index < -0.39 is 36.0 Å². The summed E-state index contributed by atoms with van der Waals surface area (Å²) in [6.45, 7) is 4.09. The van der Waals surface area contributed by atoms with E-state index >= 15 is 0 Å². The Bertz CT molecular complexity index is 904. The van der Waals surface area contributed by atoms with E-state index in [0.717, 1.165) is 0 Å². The van der Waals surface area contributed by atoms with Crippen LogP contribution >= 0.6 is 0 Å². The van der Waals surface area contributed by atoms with Crippen LogP contribution in [0.2, 0.25) is 0 Å². The van der Waals surface area contributed by atoms with Gasteiger partial charge in [0, 0.05) is 11.1 Å². The molecule has 0 aromatic heterocycles. The van der Waals surface area contributed by atoms with Gasteiger partial charge in [0.15, 0.2) is 18.0 Å². The van der Waals surface area contributed by atoms with Crippen molar-refractivity contribution in [2.45, 2.75) is 38.9 Å². The number of benzene rings is 2. The number of aliphatic carboxylic acids is 1. The predicted molar refractivity (Wildman–Crippen MR) is 103 cm³/mol. The summed E-state index contributed by atoms with van der Waals surface area (Å²) in [6, 6.07) is 15.4. The minimum absolute atomic E-state index is 0.173. The van der Waals surface area contributed by atoms with E-state index in [4.69, 9.17) is 14.6 Å². The van der Waals surface area contributed by atoms with Crippen molar-refractivity contribution in [2.24, 2.45) is 0 Å². The zero-order valence-electron chi connectivity index (χ0n) is 16.3. The average Bonchev–Trinajstić information content (AvgIpc) is 2.73. The van der Waals surface area contributed by atoms with Crippen molar-refractivity contribution >= 4 is 23.7 Å². The van der Waals surface area contributed by atoms with Gasteiger partial charge in [-0.25, -0.2) is 9.59 Å². The molecular formula is C22H22O7. The zero-order valence-corrected chi connectivity index (χ0v) is 16.3. The van der Waals surface area contributed by atoms with Gasteiger partial charge in [0.25, 0.3) is 0 Å². The van der Waals surface area contributed by atoms with Crippen LogP contribution in [0, 0.1) is 0 Å². The summed E-state index contributed by atoms with van der Waals surface area (Å²) in [6.07, 6.45) is -2.61. The molecule has 1 N–H and O–H groups in total. The van der Waals surface area contributed by atoms with Crippen LogP contribution < -0.4 is 0 Å². The maximum absolute atomic E-state index is 12.6. The quantitative estimate of drug-likeness (QED) is 0.538. The van der Waals surface area contributed by atoms with Gasteiger partial charge < -0.3 is 14.6 Å². The van der Waals surface area contributed by atoms with Crippen LogP contribution in [-0.4, -0.2) is 41.0 Å². The summed E-state index contributed by atoms with van der Waals surface area (Å²) in [4.78, 5) is 47.6. The maximum Gasteiger partial charge on any atom is 0.347 e. The Balaban J connectivity index is 2.07. The molecule has 0 amide bonds. The van der Waals surface area contributed by atoms with Crippen molar-refractivity contribution in [3.63, 3.8) is 0 Å². The van der Waals surface area contributed by atoms with E-state index in [1.54, 1.807) is 55.5 Å². The third-order valence-corrected chi connectivity index (χ3v) is 4.30. The normalized spacial score (nSPS) is 13.6. The van der Waals surface area contributed by atoms with E-state index in [9.17, 15) is 19.2 Å². The van der Waals surface area contributed by atoms with Gasteiger partial charge in [0.1, 0.15) is 0 Å². The number of rotatable bonds is 8. The lowest BCUT2D eigenvalue weighted by atomic mass is 9.96. The highest BCUT2D eigenvalue weighted by molar-refractivity contribution is 6.09. The summed E-state index contributed by atoms with van der Waals surface area (Å²) in [5, 5.41) is 8.77. The van der Waals surface area contributed by atoms with Gasteiger partial charge in [-0.2, -0.15) is 0 Å². The average molecular weight is 398 g/mol. The van der Waals surface area contributed by atoms with E-state index in [0.29, 0.717) is 16.7 Å². The van der Waals surface area contributed by atoms with Crippen molar-refractivity contribution < 1.29 is 33.8 Å². The van der Waals surface area contributed by atoms with Gasteiger partial charge in [0.2, 0.25) is 0 Å². The number of carboxylic acids is 1. The molecule has 3 atom stereocenters. The number of hydrogen-bond donors (Lipinski definition) is 1. The molecule has 0 heterocycles. The summed E-state index contributed by atoms with van der Waals surface area (Å²) in [5.41, 5.74) is 1.51. The number of ketones is 1. The van der Waals surface area contributed by atoms with Gasteiger partial charge in [-0.15, -0.1) is 0 Å². The molecule has 0 bridgehead atoms. The molecule has 0 radical (unpaired) electrons. The molecule has 0 aliphatic rings. The highest BCUT2D eigenvalue weighted by Crippen LogP contribution is 2.21. The fourth-order valence-electron chi connectivity index (χ4n) is 2.49. The van der Waals surface area contributed by atoms with E-state index in [1.807, 2.05) is 6.07 Å². The van der Waals surface area contributed by atoms with Gasteiger partial charge in [0.05, 0.1) is 5.92 Å². The Morgan fingerprint density at radius 2 is 1.34 bits per heavy atom. The Labute approximate surface area is 168 Å². The molecule has 2 aromatic rings. The second-order valence-corrected chi connectivity index (χ2v) is 6.54. The van der Waals surface area contributed by atoms with E-state index in [2.05, 4.69) is 0 Å². The number of ether oxygens (including phenoxy) is 2. The fourth-order valence-corrected chi connectivity index (χ4v) is 2.49. The van der Waals surface area contributed by atoms with Crippen molar-refractivity contribution in [3.8, 4) is 0 Å². The van der Waals surface area contributed by atoms with Crippen molar-refractivity contribution in [2.75, 3.05) is 0 Å². The highest BCUT2D eigenvalue weighted by atomic mass is 16.6. The van der Waals surface area contributed by atoms with Crippen LogP contribution in [0.15, 0.2) is 54.6 Å². The highest BCUT2D eigenvalue weighted by Gasteiger charge is 2.27. The third kappa shape index (κ3) is 5.75. The predicted octanol–water partition coefficient (Wildman–Crippen LogP) is 2.97. The minimum atomic E-state index is -1.35. The fraction of sp³-hybridized carbons (Fsp3) is 0.273.